The van der Waals surface area contributed by atoms with Crippen LogP contribution in [0.25, 0.3) is 0 Å². The lowest BCUT2D eigenvalue weighted by atomic mass is 9.95. The summed E-state index contributed by atoms with van der Waals surface area (Å²) in [5.41, 5.74) is 2.04. The summed E-state index contributed by atoms with van der Waals surface area (Å²) in [6.07, 6.45) is 0.788. The van der Waals surface area contributed by atoms with E-state index in [1.807, 2.05) is 42.5 Å². The Morgan fingerprint density at radius 2 is 1.66 bits per heavy atom. The van der Waals surface area contributed by atoms with Gasteiger partial charge < -0.3 is 24.8 Å². The van der Waals surface area contributed by atoms with Crippen molar-refractivity contribution in [3.8, 4) is 17.2 Å². The van der Waals surface area contributed by atoms with Crippen molar-refractivity contribution < 1.29 is 19.0 Å². The number of nitrogens with one attached hydrogen (secondary N) is 2. The molecular formula is C23H30N2O4. The van der Waals surface area contributed by atoms with Gasteiger partial charge in [-0.2, -0.15) is 0 Å². The smallest absolute Gasteiger partial charge is 0.315 e. The number of ether oxygens (including phenoxy) is 3. The minimum absolute atomic E-state index is 0.0750. The number of methoxy groups -OCH3 is 1. The zero-order valence-electron chi connectivity index (χ0n) is 17.5. The van der Waals surface area contributed by atoms with Gasteiger partial charge in [0, 0.05) is 0 Å². The molecule has 1 aliphatic heterocycles. The Balaban J connectivity index is 1.70. The maximum absolute atomic E-state index is 12.8. The second-order valence-electron chi connectivity index (χ2n) is 7.48. The summed E-state index contributed by atoms with van der Waals surface area (Å²) in [6, 6.07) is 13.2. The van der Waals surface area contributed by atoms with Crippen molar-refractivity contribution in [1.82, 2.24) is 10.6 Å². The van der Waals surface area contributed by atoms with Crippen LogP contribution in [0, 0.1) is 5.92 Å². The number of carbonyl (C=O) groups excluding carboxylic acids is 1. The maximum atomic E-state index is 12.8. The number of hydrogen-bond donors (Lipinski definition) is 2. The van der Waals surface area contributed by atoms with Crippen LogP contribution in [0.1, 0.15) is 50.4 Å². The molecule has 0 bridgehead atoms. The number of fused-ring (bicyclic) bond motifs is 1. The zero-order chi connectivity index (χ0) is 20.8. The molecule has 0 spiro atoms. The van der Waals surface area contributed by atoms with Crippen LogP contribution < -0.4 is 24.8 Å². The minimum Gasteiger partial charge on any atom is -0.497 e. The molecule has 0 aliphatic carbocycles. The molecule has 0 fully saturated rings. The van der Waals surface area contributed by atoms with E-state index in [0.717, 1.165) is 34.8 Å². The zero-order valence-corrected chi connectivity index (χ0v) is 17.5. The summed E-state index contributed by atoms with van der Waals surface area (Å²) < 4.78 is 16.5. The Morgan fingerprint density at radius 3 is 2.28 bits per heavy atom. The average Bonchev–Trinajstić information content (AvgIpc) is 2.75. The van der Waals surface area contributed by atoms with Crippen molar-refractivity contribution in [3.05, 3.63) is 53.6 Å². The normalized spacial score (nSPS) is 14.8. The van der Waals surface area contributed by atoms with Crippen molar-refractivity contribution in [1.29, 1.82) is 0 Å². The van der Waals surface area contributed by atoms with Gasteiger partial charge in [0.15, 0.2) is 11.5 Å². The monoisotopic (exact) mass is 398 g/mol. The highest BCUT2D eigenvalue weighted by Crippen LogP contribution is 2.34. The molecule has 29 heavy (non-hydrogen) atoms. The fraction of sp³-hybridized carbons (Fsp3) is 0.435. The Bertz CT molecular complexity index is 820. The van der Waals surface area contributed by atoms with E-state index in [1.54, 1.807) is 7.11 Å². The van der Waals surface area contributed by atoms with Crippen LogP contribution >= 0.6 is 0 Å². The van der Waals surface area contributed by atoms with E-state index in [-0.39, 0.29) is 24.0 Å². The first-order valence-corrected chi connectivity index (χ1v) is 10.1. The van der Waals surface area contributed by atoms with Gasteiger partial charge in [-0.05, 0) is 47.7 Å². The molecule has 6 nitrogen and oxygen atoms in total. The Kier molecular flexibility index (Phi) is 6.86. The van der Waals surface area contributed by atoms with Gasteiger partial charge in [-0.3, -0.25) is 0 Å². The Hall–Kier alpha value is -2.89. The predicted molar refractivity (Wildman–Crippen MR) is 113 cm³/mol. The fourth-order valence-corrected chi connectivity index (χ4v) is 3.49. The van der Waals surface area contributed by atoms with Gasteiger partial charge in [-0.15, -0.1) is 0 Å². The minimum atomic E-state index is -0.193. The van der Waals surface area contributed by atoms with Crippen LogP contribution in [0.4, 0.5) is 4.79 Å². The second kappa shape index (κ2) is 9.54. The van der Waals surface area contributed by atoms with Gasteiger partial charge in [0.1, 0.15) is 19.0 Å². The largest absolute Gasteiger partial charge is 0.497 e. The third kappa shape index (κ3) is 5.13. The van der Waals surface area contributed by atoms with Crippen LogP contribution in [-0.2, 0) is 0 Å². The molecule has 2 aromatic carbocycles. The standard InChI is InChI=1S/C23H30N2O4/c1-5-19(16-6-9-18(27-4)10-7-16)24-23(26)25-22(15(2)3)17-8-11-20-21(14-17)29-13-12-28-20/h6-11,14-15,19,22H,5,12-13H2,1-4H3,(H2,24,25,26)/t19-,22+/m0/s1. The SMILES string of the molecule is CC[C@H](NC(=O)N[C@@H](c1ccc2c(c1)OCCO2)C(C)C)c1ccc(OC)cc1. The summed E-state index contributed by atoms with van der Waals surface area (Å²) in [7, 11) is 1.64. The first-order chi connectivity index (χ1) is 14.0. The molecule has 2 N–H and O–H groups in total. The predicted octanol–water partition coefficient (Wildman–Crippen LogP) is 4.61. The van der Waals surface area contributed by atoms with Crippen LogP contribution in [0.5, 0.6) is 17.2 Å². The van der Waals surface area contributed by atoms with Gasteiger partial charge in [0.25, 0.3) is 0 Å². The lowest BCUT2D eigenvalue weighted by molar-refractivity contribution is 0.171. The summed E-state index contributed by atoms with van der Waals surface area (Å²) in [6.45, 7) is 7.32. The van der Waals surface area contributed by atoms with E-state index in [2.05, 4.69) is 31.4 Å². The molecule has 1 aliphatic rings. The quantitative estimate of drug-likeness (QED) is 0.714. The van der Waals surface area contributed by atoms with Crippen molar-refractivity contribution in [2.45, 2.75) is 39.3 Å². The van der Waals surface area contributed by atoms with Crippen LogP contribution in [0.3, 0.4) is 0 Å². The summed E-state index contributed by atoms with van der Waals surface area (Å²) in [4.78, 5) is 12.8. The first-order valence-electron chi connectivity index (χ1n) is 10.1. The van der Waals surface area contributed by atoms with Crippen LogP contribution in [0.2, 0.25) is 0 Å². The average molecular weight is 399 g/mol. The summed E-state index contributed by atoms with van der Waals surface area (Å²) >= 11 is 0. The number of hydrogen-bond acceptors (Lipinski definition) is 4. The van der Waals surface area contributed by atoms with Crippen LogP contribution in [0.15, 0.2) is 42.5 Å². The molecule has 2 aromatic rings. The van der Waals surface area contributed by atoms with Gasteiger partial charge in [0.05, 0.1) is 19.2 Å². The molecular weight excluding hydrogens is 368 g/mol. The molecule has 0 unspecified atom stereocenters. The Labute approximate surface area is 172 Å². The number of benzene rings is 2. The lowest BCUT2D eigenvalue weighted by Gasteiger charge is -2.27. The first kappa shape index (κ1) is 20.8. The fourth-order valence-electron chi connectivity index (χ4n) is 3.49. The van der Waals surface area contributed by atoms with E-state index in [0.29, 0.717) is 13.2 Å². The van der Waals surface area contributed by atoms with Gasteiger partial charge >= 0.3 is 6.03 Å². The van der Waals surface area contributed by atoms with Crippen LogP contribution in [-0.4, -0.2) is 26.4 Å². The van der Waals surface area contributed by atoms with Crippen molar-refractivity contribution in [3.63, 3.8) is 0 Å². The molecule has 2 atom stereocenters. The lowest BCUT2D eigenvalue weighted by Crippen LogP contribution is -2.41. The number of amides is 2. The number of rotatable bonds is 7. The topological polar surface area (TPSA) is 68.8 Å². The molecule has 0 aromatic heterocycles. The van der Waals surface area contributed by atoms with Gasteiger partial charge in [-0.1, -0.05) is 39.0 Å². The van der Waals surface area contributed by atoms with E-state index in [9.17, 15) is 4.79 Å². The molecule has 156 valence electrons. The van der Waals surface area contributed by atoms with E-state index >= 15 is 0 Å². The van der Waals surface area contributed by atoms with E-state index < -0.39 is 0 Å². The number of carbonyl (C=O) groups is 1. The third-order valence-electron chi connectivity index (χ3n) is 5.11. The van der Waals surface area contributed by atoms with E-state index in [4.69, 9.17) is 14.2 Å². The molecule has 2 amide bonds. The highest BCUT2D eigenvalue weighted by Gasteiger charge is 2.22. The van der Waals surface area contributed by atoms with Gasteiger partial charge in [0.2, 0.25) is 0 Å². The van der Waals surface area contributed by atoms with Gasteiger partial charge in [-0.25, -0.2) is 4.79 Å². The highest BCUT2D eigenvalue weighted by atomic mass is 16.6. The summed E-state index contributed by atoms with van der Waals surface area (Å²) in [5.74, 6) is 2.49. The highest BCUT2D eigenvalue weighted by molar-refractivity contribution is 5.75. The maximum Gasteiger partial charge on any atom is 0.315 e. The van der Waals surface area contributed by atoms with Crippen molar-refractivity contribution >= 4 is 6.03 Å². The molecule has 6 heteroatoms. The second-order valence-corrected chi connectivity index (χ2v) is 7.48. The third-order valence-corrected chi connectivity index (χ3v) is 5.11. The Morgan fingerprint density at radius 1 is 1.00 bits per heavy atom. The van der Waals surface area contributed by atoms with Crippen molar-refractivity contribution in [2.24, 2.45) is 5.92 Å². The molecule has 1 heterocycles. The molecule has 3 rings (SSSR count). The molecule has 0 saturated heterocycles. The number of urea groups is 1. The molecule has 0 radical (unpaired) electrons. The summed E-state index contributed by atoms with van der Waals surface area (Å²) in [5, 5.41) is 6.22. The molecule has 0 saturated carbocycles. The van der Waals surface area contributed by atoms with E-state index in [1.165, 1.54) is 0 Å². The van der Waals surface area contributed by atoms with Crippen molar-refractivity contribution in [2.75, 3.05) is 20.3 Å².